The van der Waals surface area contributed by atoms with Gasteiger partial charge in [-0.1, -0.05) is 37.3 Å². The van der Waals surface area contributed by atoms with Crippen LogP contribution in [0.1, 0.15) is 23.7 Å². The quantitative estimate of drug-likeness (QED) is 0.745. The zero-order valence-electron chi connectivity index (χ0n) is 12.1. The van der Waals surface area contributed by atoms with Crippen LogP contribution in [-0.2, 0) is 18.7 Å². The Bertz CT molecular complexity index is 518. The molecule has 3 heteroatoms. The normalized spacial score (nSPS) is 10.6. The first kappa shape index (κ1) is 14.9. The Kier molecular flexibility index (Phi) is 5.42. The van der Waals surface area contributed by atoms with Crippen molar-refractivity contribution >= 4 is 17.4 Å². The summed E-state index contributed by atoms with van der Waals surface area (Å²) in [4.78, 5) is 6.88. The lowest BCUT2D eigenvalue weighted by Crippen LogP contribution is -2.22. The second-order valence-electron chi connectivity index (χ2n) is 4.97. The van der Waals surface area contributed by atoms with E-state index >= 15 is 0 Å². The number of nitrogens with zero attached hydrogens (tertiary/aromatic N) is 2. The molecule has 0 unspecified atom stereocenters. The van der Waals surface area contributed by atoms with Crippen LogP contribution in [0.15, 0.2) is 42.5 Å². The maximum Gasteiger partial charge on any atom is 0.128 e. The molecule has 1 aromatic carbocycles. The molecule has 2 nitrogen and oxygen atoms in total. The van der Waals surface area contributed by atoms with Gasteiger partial charge < -0.3 is 4.90 Å². The van der Waals surface area contributed by atoms with Crippen LogP contribution in [0.5, 0.6) is 0 Å². The van der Waals surface area contributed by atoms with E-state index in [0.29, 0.717) is 5.88 Å². The second-order valence-corrected chi connectivity index (χ2v) is 5.24. The fourth-order valence-electron chi connectivity index (χ4n) is 2.14. The maximum atomic E-state index is 5.96. The first-order valence-corrected chi connectivity index (χ1v) is 7.57. The SMILES string of the molecule is CCc1cc(CCl)cc(N(C)CCc2ccccc2)n1. The Balaban J connectivity index is 2.06. The van der Waals surface area contributed by atoms with Crippen LogP contribution < -0.4 is 4.90 Å². The molecule has 20 heavy (non-hydrogen) atoms. The Labute approximate surface area is 126 Å². The number of aromatic nitrogens is 1. The Morgan fingerprint density at radius 3 is 2.50 bits per heavy atom. The number of halogens is 1. The molecule has 0 aliphatic rings. The number of anilines is 1. The highest BCUT2D eigenvalue weighted by molar-refractivity contribution is 6.17. The summed E-state index contributed by atoms with van der Waals surface area (Å²) in [6, 6.07) is 14.7. The van der Waals surface area contributed by atoms with Gasteiger partial charge in [-0.15, -0.1) is 11.6 Å². The summed E-state index contributed by atoms with van der Waals surface area (Å²) in [5.74, 6) is 1.55. The highest BCUT2D eigenvalue weighted by atomic mass is 35.5. The van der Waals surface area contributed by atoms with Crippen LogP contribution >= 0.6 is 11.6 Å². The second kappa shape index (κ2) is 7.30. The van der Waals surface area contributed by atoms with Crippen molar-refractivity contribution in [2.24, 2.45) is 0 Å². The van der Waals surface area contributed by atoms with Gasteiger partial charge >= 0.3 is 0 Å². The number of hydrogen-bond donors (Lipinski definition) is 0. The summed E-state index contributed by atoms with van der Waals surface area (Å²) in [7, 11) is 2.09. The van der Waals surface area contributed by atoms with Gasteiger partial charge in [-0.3, -0.25) is 0 Å². The lowest BCUT2D eigenvalue weighted by molar-refractivity contribution is 0.849. The standard InChI is InChI=1S/C17H21ClN2/c1-3-16-11-15(13-18)12-17(19-16)20(2)10-9-14-7-5-4-6-8-14/h4-8,11-12H,3,9-10,13H2,1-2H3. The number of alkyl halides is 1. The van der Waals surface area contributed by atoms with Crippen LogP contribution in [0, 0.1) is 0 Å². The summed E-state index contributed by atoms with van der Waals surface area (Å²) in [5, 5.41) is 0. The monoisotopic (exact) mass is 288 g/mol. The van der Waals surface area contributed by atoms with Crippen molar-refractivity contribution in [1.29, 1.82) is 0 Å². The maximum absolute atomic E-state index is 5.96. The van der Waals surface area contributed by atoms with Crippen LogP contribution in [0.4, 0.5) is 5.82 Å². The fourth-order valence-corrected chi connectivity index (χ4v) is 2.30. The molecule has 0 radical (unpaired) electrons. The zero-order chi connectivity index (χ0) is 14.4. The molecule has 0 saturated heterocycles. The molecule has 1 aromatic heterocycles. The first-order valence-electron chi connectivity index (χ1n) is 7.03. The third-order valence-corrected chi connectivity index (χ3v) is 3.72. The van der Waals surface area contributed by atoms with Crippen molar-refractivity contribution in [3.8, 4) is 0 Å². The molecule has 2 rings (SSSR count). The highest BCUT2D eigenvalue weighted by Crippen LogP contribution is 2.16. The Morgan fingerprint density at radius 2 is 1.85 bits per heavy atom. The molecule has 0 aliphatic carbocycles. The van der Waals surface area contributed by atoms with Gasteiger partial charge in [0.1, 0.15) is 5.82 Å². The van der Waals surface area contributed by atoms with Crippen LogP contribution in [0.3, 0.4) is 0 Å². The molecular weight excluding hydrogens is 268 g/mol. The van der Waals surface area contributed by atoms with Crippen molar-refractivity contribution in [3.63, 3.8) is 0 Å². The molecule has 0 N–H and O–H groups in total. The third-order valence-electron chi connectivity index (χ3n) is 3.41. The number of aryl methyl sites for hydroxylation is 1. The van der Waals surface area contributed by atoms with E-state index in [4.69, 9.17) is 11.6 Å². The van der Waals surface area contributed by atoms with Gasteiger partial charge in [0.2, 0.25) is 0 Å². The molecular formula is C17H21ClN2. The first-order chi connectivity index (χ1) is 9.72. The summed E-state index contributed by atoms with van der Waals surface area (Å²) in [6.07, 6.45) is 1.95. The highest BCUT2D eigenvalue weighted by Gasteiger charge is 2.06. The van der Waals surface area contributed by atoms with E-state index in [-0.39, 0.29) is 0 Å². The van der Waals surface area contributed by atoms with Crippen molar-refractivity contribution in [1.82, 2.24) is 4.98 Å². The number of likely N-dealkylation sites (N-methyl/N-ethyl adjacent to an activating group) is 1. The lowest BCUT2D eigenvalue weighted by Gasteiger charge is -2.19. The van der Waals surface area contributed by atoms with Crippen LogP contribution in [0.2, 0.25) is 0 Å². The van der Waals surface area contributed by atoms with Crippen molar-refractivity contribution in [2.75, 3.05) is 18.5 Å². The minimum atomic E-state index is 0.537. The topological polar surface area (TPSA) is 16.1 Å². The molecule has 0 fully saturated rings. The fraction of sp³-hybridized carbons (Fsp3) is 0.353. The number of benzene rings is 1. The minimum absolute atomic E-state index is 0.537. The van der Waals surface area contributed by atoms with Gasteiger partial charge in [-0.05, 0) is 36.1 Å². The van der Waals surface area contributed by atoms with Crippen molar-refractivity contribution in [3.05, 3.63) is 59.3 Å². The lowest BCUT2D eigenvalue weighted by atomic mass is 10.1. The predicted octanol–water partition coefficient (Wildman–Crippen LogP) is 4.06. The van der Waals surface area contributed by atoms with E-state index in [9.17, 15) is 0 Å². The van der Waals surface area contributed by atoms with Gasteiger partial charge in [-0.2, -0.15) is 0 Å². The zero-order valence-corrected chi connectivity index (χ0v) is 12.9. The molecule has 0 spiro atoms. The van der Waals surface area contributed by atoms with Gasteiger partial charge in [0.05, 0.1) is 0 Å². The largest absolute Gasteiger partial charge is 0.359 e. The number of rotatable bonds is 6. The van der Waals surface area contributed by atoms with Gasteiger partial charge in [0.15, 0.2) is 0 Å². The van der Waals surface area contributed by atoms with Crippen molar-refractivity contribution < 1.29 is 0 Å². The molecule has 1 heterocycles. The molecule has 0 aliphatic heterocycles. The van der Waals surface area contributed by atoms with Crippen molar-refractivity contribution in [2.45, 2.75) is 25.6 Å². The average Bonchev–Trinajstić information content (AvgIpc) is 2.52. The van der Waals surface area contributed by atoms with E-state index in [2.05, 4.69) is 60.3 Å². The molecule has 0 amide bonds. The summed E-state index contributed by atoms with van der Waals surface area (Å²) >= 11 is 5.96. The summed E-state index contributed by atoms with van der Waals surface area (Å²) in [6.45, 7) is 3.07. The van der Waals surface area contributed by atoms with E-state index in [0.717, 1.165) is 36.5 Å². The molecule has 0 saturated carbocycles. The molecule has 2 aromatic rings. The smallest absolute Gasteiger partial charge is 0.128 e. The van der Waals surface area contributed by atoms with Crippen LogP contribution in [-0.4, -0.2) is 18.6 Å². The van der Waals surface area contributed by atoms with Gasteiger partial charge in [0.25, 0.3) is 0 Å². The Hall–Kier alpha value is -1.54. The number of hydrogen-bond acceptors (Lipinski definition) is 2. The summed E-state index contributed by atoms with van der Waals surface area (Å²) in [5.41, 5.74) is 3.59. The van der Waals surface area contributed by atoms with Gasteiger partial charge in [-0.25, -0.2) is 4.98 Å². The minimum Gasteiger partial charge on any atom is -0.359 e. The summed E-state index contributed by atoms with van der Waals surface area (Å²) < 4.78 is 0. The van der Waals surface area contributed by atoms with E-state index in [1.807, 2.05) is 6.07 Å². The number of pyridine rings is 1. The third kappa shape index (κ3) is 3.97. The van der Waals surface area contributed by atoms with Gasteiger partial charge in [0, 0.05) is 25.2 Å². The molecule has 106 valence electrons. The average molecular weight is 289 g/mol. The van der Waals surface area contributed by atoms with Crippen LogP contribution in [0.25, 0.3) is 0 Å². The Morgan fingerprint density at radius 1 is 1.10 bits per heavy atom. The van der Waals surface area contributed by atoms with E-state index in [1.54, 1.807) is 0 Å². The predicted molar refractivity (Wildman–Crippen MR) is 86.6 cm³/mol. The van der Waals surface area contributed by atoms with E-state index < -0.39 is 0 Å². The molecule has 0 bridgehead atoms. The molecule has 0 atom stereocenters. The van der Waals surface area contributed by atoms with E-state index in [1.165, 1.54) is 5.56 Å².